The third kappa shape index (κ3) is 4.39. The van der Waals surface area contributed by atoms with E-state index in [1.54, 1.807) is 0 Å². The Labute approximate surface area is 189 Å². The molecule has 1 atom stereocenters. The molecule has 1 fully saturated rings. The maximum atomic E-state index is 12.3. The number of anilines is 2. The molecule has 0 aliphatic carbocycles. The van der Waals surface area contributed by atoms with E-state index in [9.17, 15) is 4.79 Å². The number of hydrogen-bond acceptors (Lipinski definition) is 4. The van der Waals surface area contributed by atoms with Gasteiger partial charge >= 0.3 is 0 Å². The second-order valence-corrected chi connectivity index (χ2v) is 9.34. The maximum Gasteiger partial charge on any atom is 0.265 e. The van der Waals surface area contributed by atoms with Crippen molar-refractivity contribution in [3.63, 3.8) is 0 Å². The van der Waals surface area contributed by atoms with E-state index < -0.39 is 0 Å². The van der Waals surface area contributed by atoms with Gasteiger partial charge in [0.1, 0.15) is 5.75 Å². The van der Waals surface area contributed by atoms with E-state index in [1.807, 2.05) is 35.2 Å². The molecule has 1 N–H and O–H groups in total. The number of hydrogen-bond donors (Lipinski definition) is 1. The number of unbranched alkanes of at least 4 members (excludes halogenated alkanes) is 1. The molecule has 5 nitrogen and oxygen atoms in total. The fraction of sp³-hybridized carbons (Fsp3) is 0.480. The van der Waals surface area contributed by atoms with Gasteiger partial charge in [-0.3, -0.25) is 4.79 Å². The summed E-state index contributed by atoms with van der Waals surface area (Å²) < 4.78 is 5.54. The van der Waals surface area contributed by atoms with Crippen LogP contribution in [0.3, 0.4) is 0 Å². The fourth-order valence-electron chi connectivity index (χ4n) is 5.34. The number of fused-ring (bicyclic) bond motifs is 2. The molecule has 2 aromatic rings. The van der Waals surface area contributed by atoms with Crippen LogP contribution in [0, 0.1) is 5.92 Å². The van der Waals surface area contributed by atoms with Gasteiger partial charge in [-0.25, -0.2) is 0 Å². The van der Waals surface area contributed by atoms with Crippen molar-refractivity contribution in [3.8, 4) is 5.75 Å². The van der Waals surface area contributed by atoms with Crippen LogP contribution < -0.4 is 15.0 Å². The van der Waals surface area contributed by atoms with Gasteiger partial charge in [0, 0.05) is 29.7 Å². The minimum Gasteiger partial charge on any atom is -0.482 e. The van der Waals surface area contributed by atoms with Crippen LogP contribution in [-0.4, -0.2) is 50.1 Å². The number of para-hydroxylation sites is 2. The molecule has 3 aliphatic heterocycles. The van der Waals surface area contributed by atoms with E-state index in [-0.39, 0.29) is 12.5 Å². The van der Waals surface area contributed by atoms with Crippen LogP contribution in [0.2, 0.25) is 5.02 Å². The zero-order valence-electron chi connectivity index (χ0n) is 17.9. The number of nitrogens with zero attached hydrogens (tertiary/aromatic N) is 2. The first kappa shape index (κ1) is 20.7. The van der Waals surface area contributed by atoms with Crippen LogP contribution >= 0.6 is 11.6 Å². The molecule has 0 radical (unpaired) electrons. The van der Waals surface area contributed by atoms with E-state index >= 15 is 0 Å². The maximum absolute atomic E-state index is 12.3. The van der Waals surface area contributed by atoms with E-state index in [0.717, 1.165) is 67.9 Å². The number of halogens is 1. The molecule has 1 saturated heterocycles. The summed E-state index contributed by atoms with van der Waals surface area (Å²) in [6.45, 7) is 5.39. The zero-order valence-corrected chi connectivity index (χ0v) is 18.6. The van der Waals surface area contributed by atoms with Crippen molar-refractivity contribution in [2.75, 3.05) is 49.5 Å². The average molecular weight is 440 g/mol. The minimum atomic E-state index is 0.0603. The molecule has 3 aliphatic rings. The highest BCUT2D eigenvalue weighted by Crippen LogP contribution is 2.41. The standard InChI is InChI=1S/C25H30ClN3O2/c26-19-7-8-22-20(15-19)21(16-27-22)18-9-13-28(14-10-18)11-3-4-12-29-23-5-1-2-6-24(23)31-17-25(29)30/h1-2,5-8,15,18,21,27H,3-4,9-14,16-17H2. The predicted octanol–water partition coefficient (Wildman–Crippen LogP) is 4.77. The monoisotopic (exact) mass is 439 g/mol. The normalized spacial score (nSPS) is 21.4. The van der Waals surface area contributed by atoms with Crippen LogP contribution in [0.15, 0.2) is 42.5 Å². The van der Waals surface area contributed by atoms with Crippen molar-refractivity contribution in [2.45, 2.75) is 31.6 Å². The van der Waals surface area contributed by atoms with E-state index in [1.165, 1.54) is 24.1 Å². The topological polar surface area (TPSA) is 44.8 Å². The average Bonchev–Trinajstić information content (AvgIpc) is 3.21. The van der Waals surface area contributed by atoms with Crippen molar-refractivity contribution < 1.29 is 9.53 Å². The number of likely N-dealkylation sites (tertiary alicyclic amines) is 1. The van der Waals surface area contributed by atoms with Gasteiger partial charge in [0.05, 0.1) is 5.69 Å². The third-order valence-corrected chi connectivity index (χ3v) is 7.28. The van der Waals surface area contributed by atoms with Crippen molar-refractivity contribution in [2.24, 2.45) is 5.92 Å². The number of amides is 1. The molecule has 1 amide bonds. The number of ether oxygens (including phenoxy) is 1. The van der Waals surface area contributed by atoms with E-state index in [0.29, 0.717) is 5.92 Å². The number of carbonyl (C=O) groups is 1. The summed E-state index contributed by atoms with van der Waals surface area (Å²) in [4.78, 5) is 16.8. The van der Waals surface area contributed by atoms with Gasteiger partial charge in [0.15, 0.2) is 6.61 Å². The largest absolute Gasteiger partial charge is 0.482 e. The SMILES string of the molecule is O=C1COc2ccccc2N1CCCCN1CCC(C2CNc3ccc(Cl)cc32)CC1. The Morgan fingerprint density at radius 2 is 1.87 bits per heavy atom. The van der Waals surface area contributed by atoms with Crippen LogP contribution in [0.5, 0.6) is 5.75 Å². The molecule has 5 rings (SSSR count). The zero-order chi connectivity index (χ0) is 21.2. The molecule has 0 saturated carbocycles. The highest BCUT2D eigenvalue weighted by atomic mass is 35.5. The van der Waals surface area contributed by atoms with Gasteiger partial charge in [0.25, 0.3) is 5.91 Å². The Balaban J connectivity index is 1.07. The number of piperidine rings is 1. The summed E-state index contributed by atoms with van der Waals surface area (Å²) in [6, 6.07) is 14.1. The van der Waals surface area contributed by atoms with Gasteiger partial charge in [-0.15, -0.1) is 0 Å². The molecule has 2 aromatic carbocycles. The van der Waals surface area contributed by atoms with E-state index in [2.05, 4.69) is 22.3 Å². The molecule has 6 heteroatoms. The van der Waals surface area contributed by atoms with Gasteiger partial charge in [-0.1, -0.05) is 23.7 Å². The highest BCUT2D eigenvalue weighted by Gasteiger charge is 2.32. The lowest BCUT2D eigenvalue weighted by Crippen LogP contribution is -2.40. The number of carbonyl (C=O) groups excluding carboxylic acids is 1. The lowest BCUT2D eigenvalue weighted by atomic mass is 9.81. The van der Waals surface area contributed by atoms with Gasteiger partial charge in [-0.05, 0) is 87.1 Å². The van der Waals surface area contributed by atoms with Gasteiger partial charge in [-0.2, -0.15) is 0 Å². The first-order valence-electron chi connectivity index (χ1n) is 11.5. The number of rotatable bonds is 6. The lowest BCUT2D eigenvalue weighted by Gasteiger charge is -2.35. The summed E-state index contributed by atoms with van der Waals surface area (Å²) in [6.07, 6.45) is 4.61. The summed E-state index contributed by atoms with van der Waals surface area (Å²) >= 11 is 6.25. The molecule has 1 unspecified atom stereocenters. The van der Waals surface area contributed by atoms with Crippen LogP contribution in [-0.2, 0) is 4.79 Å². The fourth-order valence-corrected chi connectivity index (χ4v) is 5.52. The molecular weight excluding hydrogens is 410 g/mol. The van der Waals surface area contributed by atoms with Crippen molar-refractivity contribution in [1.29, 1.82) is 0 Å². The molecule has 0 bridgehead atoms. The summed E-state index contributed by atoms with van der Waals surface area (Å²) in [7, 11) is 0. The second-order valence-electron chi connectivity index (χ2n) is 8.91. The predicted molar refractivity (Wildman–Crippen MR) is 125 cm³/mol. The molecule has 0 spiro atoms. The Kier molecular flexibility index (Phi) is 6.06. The lowest BCUT2D eigenvalue weighted by molar-refractivity contribution is -0.121. The molecular formula is C25H30ClN3O2. The van der Waals surface area contributed by atoms with Crippen molar-refractivity contribution in [3.05, 3.63) is 53.1 Å². The molecule has 164 valence electrons. The second kappa shape index (κ2) is 9.09. The Hall–Kier alpha value is -2.24. The Morgan fingerprint density at radius 3 is 2.74 bits per heavy atom. The minimum absolute atomic E-state index is 0.0603. The Bertz CT molecular complexity index is 942. The van der Waals surface area contributed by atoms with Crippen molar-refractivity contribution in [1.82, 2.24) is 4.90 Å². The molecule has 0 aromatic heterocycles. The van der Waals surface area contributed by atoms with Crippen LogP contribution in [0.1, 0.15) is 37.2 Å². The number of benzene rings is 2. The quantitative estimate of drug-likeness (QED) is 0.658. The number of nitrogens with one attached hydrogen (secondary N) is 1. The Morgan fingerprint density at radius 1 is 1.06 bits per heavy atom. The van der Waals surface area contributed by atoms with Gasteiger partial charge < -0.3 is 19.9 Å². The van der Waals surface area contributed by atoms with E-state index in [4.69, 9.17) is 16.3 Å². The summed E-state index contributed by atoms with van der Waals surface area (Å²) in [5.41, 5.74) is 3.57. The first-order chi connectivity index (χ1) is 15.2. The van der Waals surface area contributed by atoms with Gasteiger partial charge in [0.2, 0.25) is 0 Å². The summed E-state index contributed by atoms with van der Waals surface area (Å²) in [5.74, 6) is 2.19. The molecule has 31 heavy (non-hydrogen) atoms. The third-order valence-electron chi connectivity index (χ3n) is 7.04. The van der Waals surface area contributed by atoms with Crippen LogP contribution in [0.25, 0.3) is 0 Å². The first-order valence-corrected chi connectivity index (χ1v) is 11.8. The van der Waals surface area contributed by atoms with Crippen LogP contribution in [0.4, 0.5) is 11.4 Å². The smallest absolute Gasteiger partial charge is 0.265 e. The molecule has 3 heterocycles. The summed E-state index contributed by atoms with van der Waals surface area (Å²) in [5, 5.41) is 4.40. The van der Waals surface area contributed by atoms with Crippen molar-refractivity contribution >= 4 is 28.9 Å². The highest BCUT2D eigenvalue weighted by molar-refractivity contribution is 6.30.